The predicted molar refractivity (Wildman–Crippen MR) is 73.1 cm³/mol. The molecule has 5 aliphatic rings. The minimum Gasteiger partial charge on any atom is -0.481 e. The number of hydrogen-bond donors (Lipinski definition) is 1. The number of rotatable bonds is 2. The van der Waals surface area contributed by atoms with Crippen molar-refractivity contribution in [1.29, 1.82) is 0 Å². The minimum atomic E-state index is -0.654. The van der Waals surface area contributed by atoms with Gasteiger partial charge < -0.3 is 9.84 Å². The molecule has 0 aromatic carbocycles. The van der Waals surface area contributed by atoms with Crippen LogP contribution in [0.3, 0.4) is 0 Å². The van der Waals surface area contributed by atoms with E-state index < -0.39 is 5.97 Å². The first-order chi connectivity index (χ1) is 10.1. The first kappa shape index (κ1) is 12.2. The van der Waals surface area contributed by atoms with E-state index in [2.05, 4.69) is 12.2 Å². The molecule has 4 nitrogen and oxygen atoms in total. The first-order valence-corrected chi connectivity index (χ1v) is 8.19. The largest absolute Gasteiger partial charge is 0.481 e. The number of aliphatic carboxylic acids is 1. The van der Waals surface area contributed by atoms with E-state index in [-0.39, 0.29) is 29.1 Å². The van der Waals surface area contributed by atoms with E-state index >= 15 is 0 Å². The molecule has 4 fully saturated rings. The Morgan fingerprint density at radius 1 is 1.29 bits per heavy atom. The van der Waals surface area contributed by atoms with Crippen molar-refractivity contribution in [3.8, 4) is 0 Å². The van der Waals surface area contributed by atoms with E-state index in [1.807, 2.05) is 0 Å². The highest BCUT2D eigenvalue weighted by Gasteiger charge is 2.72. The van der Waals surface area contributed by atoms with Gasteiger partial charge in [-0.2, -0.15) is 0 Å². The van der Waals surface area contributed by atoms with Crippen LogP contribution in [0.2, 0.25) is 0 Å². The standard InChI is InChI=1S/C17H20O4/c18-15(19)11-7-17(12-3-4-21-16(12)20)6-10(11)13-8-1-2-9(5-8)14(13)17/h1-2,8-14H,3-7H2,(H,18,19). The second-order valence-corrected chi connectivity index (χ2v) is 7.81. The summed E-state index contributed by atoms with van der Waals surface area (Å²) in [4.78, 5) is 23.9. The molecule has 1 heterocycles. The zero-order valence-corrected chi connectivity index (χ0v) is 11.9. The van der Waals surface area contributed by atoms with Gasteiger partial charge in [-0.15, -0.1) is 0 Å². The summed E-state index contributed by atoms with van der Waals surface area (Å²) in [5.41, 5.74) is -0.0872. The average Bonchev–Trinajstić information content (AvgIpc) is 3.22. The lowest BCUT2D eigenvalue weighted by Crippen LogP contribution is -2.44. The molecule has 3 saturated carbocycles. The molecule has 4 aliphatic carbocycles. The highest BCUT2D eigenvalue weighted by Crippen LogP contribution is 2.75. The summed E-state index contributed by atoms with van der Waals surface area (Å²) in [6, 6.07) is 0. The molecule has 8 unspecified atom stereocenters. The fourth-order valence-electron chi connectivity index (χ4n) is 6.96. The van der Waals surface area contributed by atoms with E-state index in [0.717, 1.165) is 12.8 Å². The second-order valence-electron chi connectivity index (χ2n) is 7.81. The number of allylic oxidation sites excluding steroid dienone is 2. The molecule has 1 aliphatic heterocycles. The van der Waals surface area contributed by atoms with Crippen molar-refractivity contribution < 1.29 is 19.4 Å². The summed E-state index contributed by atoms with van der Waals surface area (Å²) < 4.78 is 5.24. The number of hydrogen-bond acceptors (Lipinski definition) is 3. The number of fused-ring (bicyclic) bond motifs is 9. The Morgan fingerprint density at radius 2 is 2.10 bits per heavy atom. The van der Waals surface area contributed by atoms with E-state index in [0.29, 0.717) is 36.7 Å². The van der Waals surface area contributed by atoms with Crippen molar-refractivity contribution in [3.63, 3.8) is 0 Å². The molecule has 0 amide bonds. The third-order valence-electron chi connectivity index (χ3n) is 7.36. The lowest BCUT2D eigenvalue weighted by atomic mass is 9.58. The lowest BCUT2D eigenvalue weighted by molar-refractivity contribution is -0.151. The van der Waals surface area contributed by atoms with Crippen LogP contribution in [0.25, 0.3) is 0 Å². The molecule has 21 heavy (non-hydrogen) atoms. The first-order valence-electron chi connectivity index (χ1n) is 8.19. The van der Waals surface area contributed by atoms with Crippen molar-refractivity contribution in [2.24, 2.45) is 46.8 Å². The van der Waals surface area contributed by atoms with Gasteiger partial charge in [-0.25, -0.2) is 0 Å². The van der Waals surface area contributed by atoms with E-state index in [9.17, 15) is 14.7 Å². The fourth-order valence-corrected chi connectivity index (χ4v) is 6.96. The molecule has 0 aromatic rings. The Labute approximate surface area is 123 Å². The van der Waals surface area contributed by atoms with Crippen LogP contribution in [0.15, 0.2) is 12.2 Å². The maximum atomic E-state index is 12.2. The Morgan fingerprint density at radius 3 is 2.81 bits per heavy atom. The highest BCUT2D eigenvalue weighted by molar-refractivity contribution is 5.77. The Bertz CT molecular complexity index is 567. The topological polar surface area (TPSA) is 63.6 Å². The van der Waals surface area contributed by atoms with Crippen LogP contribution < -0.4 is 0 Å². The summed E-state index contributed by atoms with van der Waals surface area (Å²) in [7, 11) is 0. The van der Waals surface area contributed by atoms with E-state index in [1.54, 1.807) is 0 Å². The van der Waals surface area contributed by atoms with Crippen molar-refractivity contribution in [3.05, 3.63) is 12.2 Å². The van der Waals surface area contributed by atoms with Crippen molar-refractivity contribution >= 4 is 11.9 Å². The molecule has 8 atom stereocenters. The van der Waals surface area contributed by atoms with Gasteiger partial charge in [0.05, 0.1) is 18.4 Å². The van der Waals surface area contributed by atoms with Gasteiger partial charge in [0.2, 0.25) is 0 Å². The molecular weight excluding hydrogens is 268 g/mol. The second kappa shape index (κ2) is 3.71. The van der Waals surface area contributed by atoms with Crippen molar-refractivity contribution in [1.82, 2.24) is 0 Å². The van der Waals surface area contributed by atoms with E-state index in [4.69, 9.17) is 4.74 Å². The zero-order valence-electron chi connectivity index (χ0n) is 11.9. The van der Waals surface area contributed by atoms with Crippen LogP contribution in [0.4, 0.5) is 0 Å². The number of carboxylic acid groups (broad SMARTS) is 1. The number of esters is 1. The fraction of sp³-hybridized carbons (Fsp3) is 0.765. The summed E-state index contributed by atoms with van der Waals surface area (Å²) >= 11 is 0. The highest BCUT2D eigenvalue weighted by atomic mass is 16.5. The van der Waals surface area contributed by atoms with Crippen LogP contribution in [0, 0.1) is 46.8 Å². The van der Waals surface area contributed by atoms with Gasteiger partial charge in [0.15, 0.2) is 0 Å². The number of carboxylic acids is 1. The molecule has 0 aromatic heterocycles. The Hall–Kier alpha value is -1.32. The maximum absolute atomic E-state index is 12.2. The number of carbonyl (C=O) groups is 2. The Balaban J connectivity index is 1.61. The van der Waals surface area contributed by atoms with Gasteiger partial charge in [0.1, 0.15) is 0 Å². The third kappa shape index (κ3) is 1.28. The van der Waals surface area contributed by atoms with Crippen LogP contribution in [-0.4, -0.2) is 23.7 Å². The molecule has 4 bridgehead atoms. The average molecular weight is 288 g/mol. The monoisotopic (exact) mass is 288 g/mol. The predicted octanol–water partition coefficient (Wildman–Crippen LogP) is 2.10. The van der Waals surface area contributed by atoms with Crippen molar-refractivity contribution in [2.45, 2.75) is 25.7 Å². The van der Waals surface area contributed by atoms with Crippen LogP contribution >= 0.6 is 0 Å². The quantitative estimate of drug-likeness (QED) is 0.480. The molecule has 5 rings (SSSR count). The molecule has 0 radical (unpaired) electrons. The van der Waals surface area contributed by atoms with Gasteiger partial charge in [0.25, 0.3) is 0 Å². The number of ether oxygens (including phenoxy) is 1. The smallest absolute Gasteiger partial charge is 0.309 e. The molecule has 1 saturated heterocycles. The Kier molecular flexibility index (Phi) is 2.16. The molecule has 4 heteroatoms. The van der Waals surface area contributed by atoms with Crippen LogP contribution in [-0.2, 0) is 14.3 Å². The van der Waals surface area contributed by atoms with Gasteiger partial charge in [0, 0.05) is 0 Å². The van der Waals surface area contributed by atoms with Gasteiger partial charge in [-0.05, 0) is 60.7 Å². The molecule has 0 spiro atoms. The third-order valence-corrected chi connectivity index (χ3v) is 7.36. The van der Waals surface area contributed by atoms with Gasteiger partial charge >= 0.3 is 11.9 Å². The molecular formula is C17H20O4. The van der Waals surface area contributed by atoms with E-state index in [1.165, 1.54) is 6.42 Å². The number of carbonyl (C=O) groups excluding carboxylic acids is 1. The minimum absolute atomic E-state index is 0.0490. The number of cyclic esters (lactones) is 1. The molecule has 112 valence electrons. The van der Waals surface area contributed by atoms with Gasteiger partial charge in [-0.3, -0.25) is 9.59 Å². The van der Waals surface area contributed by atoms with Gasteiger partial charge in [-0.1, -0.05) is 12.2 Å². The SMILES string of the molecule is O=C(O)C1CC2(C3CCOC3=O)CC1C1C3C=CC(C3)C12. The summed E-state index contributed by atoms with van der Waals surface area (Å²) in [6.07, 6.45) is 8.26. The summed E-state index contributed by atoms with van der Waals surface area (Å²) in [5, 5.41) is 9.61. The summed E-state index contributed by atoms with van der Waals surface area (Å²) in [6.45, 7) is 0.523. The maximum Gasteiger partial charge on any atom is 0.309 e. The lowest BCUT2D eigenvalue weighted by Gasteiger charge is -2.44. The zero-order chi connectivity index (χ0) is 14.4. The van der Waals surface area contributed by atoms with Crippen molar-refractivity contribution in [2.75, 3.05) is 6.61 Å². The summed E-state index contributed by atoms with van der Waals surface area (Å²) in [5.74, 6) is 1.44. The molecule has 1 N–H and O–H groups in total. The van der Waals surface area contributed by atoms with Crippen LogP contribution in [0.5, 0.6) is 0 Å². The normalized spacial score (nSPS) is 56.0. The van der Waals surface area contributed by atoms with Crippen LogP contribution in [0.1, 0.15) is 25.7 Å².